The van der Waals surface area contributed by atoms with Crippen molar-refractivity contribution in [2.45, 2.75) is 395 Å². The van der Waals surface area contributed by atoms with E-state index < -0.39 is 97.5 Å². The number of aliphatic hydroxyl groups is 1. The molecule has 0 aliphatic carbocycles. The van der Waals surface area contributed by atoms with Crippen LogP contribution in [0.2, 0.25) is 0 Å². The molecule has 0 saturated heterocycles. The van der Waals surface area contributed by atoms with Gasteiger partial charge in [-0.05, 0) is 49.4 Å². The van der Waals surface area contributed by atoms with Crippen LogP contribution in [-0.4, -0.2) is 96.7 Å². The lowest BCUT2D eigenvalue weighted by Gasteiger charge is -2.21. The zero-order valence-corrected chi connectivity index (χ0v) is 63.4. The highest BCUT2D eigenvalue weighted by molar-refractivity contribution is 7.47. The van der Waals surface area contributed by atoms with E-state index in [1.807, 2.05) is 0 Å². The van der Waals surface area contributed by atoms with Gasteiger partial charge in [0, 0.05) is 25.7 Å². The second kappa shape index (κ2) is 64.4. The molecule has 17 nitrogen and oxygen atoms in total. The number of hydrogen-bond donors (Lipinski definition) is 3. The molecule has 3 N–H and O–H groups in total. The summed E-state index contributed by atoms with van der Waals surface area (Å²) in [5.41, 5.74) is 0. The van der Waals surface area contributed by atoms with Gasteiger partial charge in [0.15, 0.2) is 12.2 Å². The van der Waals surface area contributed by atoms with Crippen LogP contribution in [0.15, 0.2) is 0 Å². The first-order valence-electron chi connectivity index (χ1n) is 38.7. The Bertz CT molecular complexity index is 1850. The lowest BCUT2D eigenvalue weighted by molar-refractivity contribution is -0.161. The molecule has 19 heteroatoms. The minimum atomic E-state index is -4.96. The summed E-state index contributed by atoms with van der Waals surface area (Å²) in [7, 11) is -9.91. The number of rotatable bonds is 72. The SMILES string of the molecule is CCC(C)CCCCCCCCCCCCC(=O)O[C@H](COC(=O)CCCCCCCCCCCCCCCCCCC(C)C)COP(=O)(O)OCC(O)COP(=O)(O)OC[C@@H](COC(=O)CCCCCCCCCCC(C)C)OC(=O)CCCCCCCCCC(C)C. The molecule has 0 bridgehead atoms. The molecule has 0 aliphatic rings. The first-order chi connectivity index (χ1) is 45.1. The fraction of sp³-hybridized carbons (Fsp3) is 0.947. The Labute approximate surface area is 575 Å². The molecule has 0 spiro atoms. The predicted molar refractivity (Wildman–Crippen MR) is 381 cm³/mol. The van der Waals surface area contributed by atoms with Crippen LogP contribution in [0.1, 0.15) is 376 Å². The summed E-state index contributed by atoms with van der Waals surface area (Å²) in [5.74, 6) is 0.912. The van der Waals surface area contributed by atoms with E-state index in [0.717, 1.165) is 108 Å². The predicted octanol–water partition coefficient (Wildman–Crippen LogP) is 21.7. The number of unbranched alkanes of at least 4 members (excludes halogenated alkanes) is 37. The number of phosphoric acid groups is 2. The summed E-state index contributed by atoms with van der Waals surface area (Å²) >= 11 is 0. The zero-order valence-electron chi connectivity index (χ0n) is 61.6. The summed E-state index contributed by atoms with van der Waals surface area (Å²) in [4.78, 5) is 72.7. The average Bonchev–Trinajstić information content (AvgIpc) is 1.34. The van der Waals surface area contributed by atoms with Gasteiger partial charge >= 0.3 is 39.5 Å². The Kier molecular flexibility index (Phi) is 63.1. The van der Waals surface area contributed by atoms with Crippen molar-refractivity contribution in [2.75, 3.05) is 39.6 Å². The van der Waals surface area contributed by atoms with Crippen LogP contribution in [0.25, 0.3) is 0 Å². The highest BCUT2D eigenvalue weighted by Gasteiger charge is 2.30. The molecule has 0 aromatic carbocycles. The van der Waals surface area contributed by atoms with Gasteiger partial charge in [0.2, 0.25) is 0 Å². The lowest BCUT2D eigenvalue weighted by Crippen LogP contribution is -2.30. The molecular formula is C75H146O17P2. The maximum Gasteiger partial charge on any atom is 0.472 e. The smallest absolute Gasteiger partial charge is 0.462 e. The molecule has 0 amide bonds. The van der Waals surface area contributed by atoms with E-state index in [0.29, 0.717) is 31.6 Å². The van der Waals surface area contributed by atoms with E-state index in [-0.39, 0.29) is 25.7 Å². The van der Waals surface area contributed by atoms with Gasteiger partial charge in [0.1, 0.15) is 19.3 Å². The van der Waals surface area contributed by atoms with Crippen LogP contribution in [0.4, 0.5) is 0 Å². The largest absolute Gasteiger partial charge is 0.472 e. The quantitative estimate of drug-likeness (QED) is 0.0222. The van der Waals surface area contributed by atoms with E-state index in [2.05, 4.69) is 55.4 Å². The molecule has 0 aromatic rings. The number of esters is 4. The number of carbonyl (C=O) groups is 4. The maximum atomic E-state index is 13.1. The van der Waals surface area contributed by atoms with Crippen molar-refractivity contribution >= 4 is 39.5 Å². The highest BCUT2D eigenvalue weighted by atomic mass is 31.2. The Balaban J connectivity index is 5.22. The molecule has 0 aliphatic heterocycles. The number of ether oxygens (including phenoxy) is 4. The fourth-order valence-corrected chi connectivity index (χ4v) is 12.9. The standard InChI is InChI=1S/C75H146O17P2/c1-9-68(8)54-46-38-30-21-18-19-23-33-41-49-57-74(79)91-70(61-85-72(77)55-47-39-31-22-17-15-13-11-10-12-14-16-20-27-35-43-51-65(2)3)63-89-93(81,82)87-59-69(76)60-88-94(83,84)90-64-71(92-75(80)58-50-42-34-26-29-37-45-53-67(6)7)62-86-73(78)56-48-40-32-25-24-28-36-44-52-66(4)5/h65-71,76H,9-64H2,1-8H3,(H,81,82)(H,83,84)/t68?,69?,70-,71-/m1/s1. The van der Waals surface area contributed by atoms with Gasteiger partial charge in [-0.15, -0.1) is 0 Å². The molecule has 0 saturated carbocycles. The van der Waals surface area contributed by atoms with Crippen LogP contribution in [0.5, 0.6) is 0 Å². The molecule has 0 fully saturated rings. The van der Waals surface area contributed by atoms with E-state index in [1.165, 1.54) is 180 Å². The summed E-state index contributed by atoms with van der Waals surface area (Å²) < 4.78 is 68.4. The van der Waals surface area contributed by atoms with Crippen LogP contribution in [0, 0.1) is 23.7 Å². The van der Waals surface area contributed by atoms with Crippen LogP contribution < -0.4 is 0 Å². The number of hydrogen-bond acceptors (Lipinski definition) is 15. The van der Waals surface area contributed by atoms with Gasteiger partial charge in [-0.25, -0.2) is 9.13 Å². The minimum absolute atomic E-state index is 0.103. The third-order valence-electron chi connectivity index (χ3n) is 17.7. The number of aliphatic hydroxyl groups excluding tert-OH is 1. The summed E-state index contributed by atoms with van der Waals surface area (Å²) in [6.45, 7) is 14.1. The monoisotopic (exact) mass is 1380 g/mol. The first-order valence-corrected chi connectivity index (χ1v) is 41.7. The van der Waals surface area contributed by atoms with E-state index in [9.17, 15) is 43.2 Å². The van der Waals surface area contributed by atoms with Crippen molar-refractivity contribution in [2.24, 2.45) is 23.7 Å². The lowest BCUT2D eigenvalue weighted by atomic mass is 9.99. The van der Waals surface area contributed by atoms with Gasteiger partial charge in [0.25, 0.3) is 0 Å². The van der Waals surface area contributed by atoms with E-state index >= 15 is 0 Å². The first kappa shape index (κ1) is 92.1. The molecular weight excluding hydrogens is 1230 g/mol. The van der Waals surface area contributed by atoms with Gasteiger partial charge in [-0.2, -0.15) is 0 Å². The Morgan fingerprint density at radius 2 is 0.511 bits per heavy atom. The van der Waals surface area contributed by atoms with Gasteiger partial charge in [-0.1, -0.05) is 325 Å². The minimum Gasteiger partial charge on any atom is -0.462 e. The van der Waals surface area contributed by atoms with E-state index in [4.69, 9.17) is 37.0 Å². The van der Waals surface area contributed by atoms with Crippen molar-refractivity contribution in [3.05, 3.63) is 0 Å². The van der Waals surface area contributed by atoms with Crippen molar-refractivity contribution in [1.82, 2.24) is 0 Å². The van der Waals surface area contributed by atoms with Gasteiger partial charge < -0.3 is 33.8 Å². The number of phosphoric ester groups is 2. The Morgan fingerprint density at radius 1 is 0.298 bits per heavy atom. The topological polar surface area (TPSA) is 237 Å². The van der Waals surface area contributed by atoms with Gasteiger partial charge in [-0.3, -0.25) is 37.3 Å². The number of carbonyl (C=O) groups excluding carboxylic acids is 4. The normalized spacial score (nSPS) is 14.4. The van der Waals surface area contributed by atoms with Crippen molar-refractivity contribution < 1.29 is 80.2 Å². The average molecular weight is 1380 g/mol. The molecule has 0 radical (unpaired) electrons. The summed E-state index contributed by atoms with van der Waals surface area (Å²) in [5, 5.41) is 10.6. The van der Waals surface area contributed by atoms with Crippen molar-refractivity contribution in [3.8, 4) is 0 Å². The molecule has 0 aromatic heterocycles. The summed E-state index contributed by atoms with van der Waals surface area (Å²) in [6, 6.07) is 0. The third-order valence-corrected chi connectivity index (χ3v) is 19.6. The second-order valence-electron chi connectivity index (χ2n) is 28.7. The maximum absolute atomic E-state index is 13.1. The molecule has 94 heavy (non-hydrogen) atoms. The Hall–Kier alpha value is -1.94. The Morgan fingerprint density at radius 3 is 0.755 bits per heavy atom. The summed E-state index contributed by atoms with van der Waals surface area (Å²) in [6.07, 6.45) is 48.7. The molecule has 6 atom stereocenters. The molecule has 558 valence electrons. The van der Waals surface area contributed by atoms with Gasteiger partial charge in [0.05, 0.1) is 26.4 Å². The molecule has 0 heterocycles. The van der Waals surface area contributed by atoms with Crippen LogP contribution in [0.3, 0.4) is 0 Å². The second-order valence-corrected chi connectivity index (χ2v) is 31.6. The molecule has 0 rings (SSSR count). The van der Waals surface area contributed by atoms with Crippen molar-refractivity contribution in [1.29, 1.82) is 0 Å². The third kappa shape index (κ3) is 67.3. The van der Waals surface area contributed by atoms with Crippen LogP contribution in [-0.2, 0) is 65.4 Å². The van der Waals surface area contributed by atoms with E-state index in [1.54, 1.807) is 0 Å². The zero-order chi connectivity index (χ0) is 69.6. The van der Waals surface area contributed by atoms with Crippen LogP contribution >= 0.6 is 15.6 Å². The highest BCUT2D eigenvalue weighted by Crippen LogP contribution is 2.45. The fourth-order valence-electron chi connectivity index (χ4n) is 11.3. The van der Waals surface area contributed by atoms with Crippen molar-refractivity contribution in [3.63, 3.8) is 0 Å². The molecule has 4 unspecified atom stereocenters.